The van der Waals surface area contributed by atoms with Crippen molar-refractivity contribution in [3.63, 3.8) is 0 Å². The maximum absolute atomic E-state index is 5.79. The molecule has 0 saturated heterocycles. The van der Waals surface area contributed by atoms with Gasteiger partial charge in [-0.05, 0) is 42.3 Å². The molecular weight excluding hydrogens is 334 g/mol. The van der Waals surface area contributed by atoms with Gasteiger partial charge in [0.1, 0.15) is 17.6 Å². The Morgan fingerprint density at radius 1 is 1.08 bits per heavy atom. The average molecular weight is 351 g/mol. The lowest BCUT2D eigenvalue weighted by Crippen LogP contribution is -2.02. The number of nitrogens with two attached hydrogens (primary N) is 1. The third-order valence-corrected chi connectivity index (χ3v) is 3.95. The summed E-state index contributed by atoms with van der Waals surface area (Å²) in [5, 5.41) is 13.9. The SMILES string of the molecule is Nc1ncnc2c1ncn2CCCCOc1ccc(-c2nn[nH]n2)cc1. The zero-order valence-corrected chi connectivity index (χ0v) is 13.9. The first-order chi connectivity index (χ1) is 12.8. The van der Waals surface area contributed by atoms with E-state index in [0.717, 1.165) is 36.3 Å². The Morgan fingerprint density at radius 2 is 1.96 bits per heavy atom. The Bertz CT molecular complexity index is 979. The molecule has 26 heavy (non-hydrogen) atoms. The Morgan fingerprint density at radius 3 is 2.77 bits per heavy atom. The van der Waals surface area contributed by atoms with Crippen LogP contribution in [0.5, 0.6) is 5.75 Å². The smallest absolute Gasteiger partial charge is 0.204 e. The van der Waals surface area contributed by atoms with Gasteiger partial charge in [-0.25, -0.2) is 15.0 Å². The van der Waals surface area contributed by atoms with E-state index in [2.05, 4.69) is 35.6 Å². The number of hydrogen-bond acceptors (Lipinski definition) is 8. The van der Waals surface area contributed by atoms with Gasteiger partial charge >= 0.3 is 0 Å². The Labute approximate surface area is 148 Å². The van der Waals surface area contributed by atoms with Crippen molar-refractivity contribution in [3.05, 3.63) is 36.9 Å². The van der Waals surface area contributed by atoms with Gasteiger partial charge in [-0.15, -0.1) is 10.2 Å². The molecule has 0 unspecified atom stereocenters. The molecule has 0 aliphatic carbocycles. The highest BCUT2D eigenvalue weighted by atomic mass is 16.5. The number of aromatic amines is 1. The van der Waals surface area contributed by atoms with Gasteiger partial charge in [-0.3, -0.25) is 0 Å². The van der Waals surface area contributed by atoms with Crippen LogP contribution in [-0.2, 0) is 6.54 Å². The average Bonchev–Trinajstić information content (AvgIpc) is 3.33. The molecule has 0 amide bonds. The van der Waals surface area contributed by atoms with Crippen LogP contribution in [0.3, 0.4) is 0 Å². The highest BCUT2D eigenvalue weighted by Crippen LogP contribution is 2.19. The molecule has 0 saturated carbocycles. The lowest BCUT2D eigenvalue weighted by atomic mass is 10.2. The predicted octanol–water partition coefficient (Wildman–Crippen LogP) is 1.45. The highest BCUT2D eigenvalue weighted by molar-refractivity contribution is 5.81. The topological polar surface area (TPSA) is 133 Å². The lowest BCUT2D eigenvalue weighted by Gasteiger charge is -2.07. The molecule has 3 heterocycles. The molecule has 0 atom stereocenters. The van der Waals surface area contributed by atoms with Crippen molar-refractivity contribution in [3.8, 4) is 17.1 Å². The van der Waals surface area contributed by atoms with Crippen LogP contribution in [0.2, 0.25) is 0 Å². The maximum Gasteiger partial charge on any atom is 0.204 e. The first kappa shape index (κ1) is 15.9. The molecule has 0 radical (unpaired) electrons. The number of ether oxygens (including phenoxy) is 1. The second-order valence-corrected chi connectivity index (χ2v) is 5.68. The van der Waals surface area contributed by atoms with Gasteiger partial charge in [0.15, 0.2) is 11.5 Å². The van der Waals surface area contributed by atoms with Crippen LogP contribution in [0.1, 0.15) is 12.8 Å². The van der Waals surface area contributed by atoms with Gasteiger partial charge in [-0.1, -0.05) is 0 Å². The Balaban J connectivity index is 1.25. The number of anilines is 1. The molecule has 10 heteroatoms. The van der Waals surface area contributed by atoms with Crippen LogP contribution in [0.4, 0.5) is 5.82 Å². The van der Waals surface area contributed by atoms with Crippen LogP contribution >= 0.6 is 0 Å². The summed E-state index contributed by atoms with van der Waals surface area (Å²) in [5.74, 6) is 1.78. The van der Waals surface area contributed by atoms with Gasteiger partial charge < -0.3 is 15.0 Å². The van der Waals surface area contributed by atoms with Crippen LogP contribution in [0, 0.1) is 0 Å². The lowest BCUT2D eigenvalue weighted by molar-refractivity contribution is 0.303. The maximum atomic E-state index is 5.79. The fourth-order valence-corrected chi connectivity index (χ4v) is 2.62. The van der Waals surface area contributed by atoms with Crippen LogP contribution in [-0.4, -0.2) is 46.8 Å². The fraction of sp³-hybridized carbons (Fsp3) is 0.250. The number of H-pyrrole nitrogens is 1. The summed E-state index contributed by atoms with van der Waals surface area (Å²) in [6.45, 7) is 1.43. The van der Waals surface area contributed by atoms with Crippen molar-refractivity contribution in [2.24, 2.45) is 0 Å². The minimum absolute atomic E-state index is 0.404. The number of aryl methyl sites for hydroxylation is 1. The summed E-state index contributed by atoms with van der Waals surface area (Å²) < 4.78 is 7.75. The number of benzene rings is 1. The molecular formula is C16H17N9O. The van der Waals surface area contributed by atoms with E-state index in [-0.39, 0.29) is 0 Å². The molecule has 3 N–H and O–H groups in total. The number of tetrazole rings is 1. The number of aromatic nitrogens is 8. The van der Waals surface area contributed by atoms with Crippen molar-refractivity contribution in [1.82, 2.24) is 40.1 Å². The van der Waals surface area contributed by atoms with Gasteiger partial charge in [0.2, 0.25) is 5.82 Å². The van der Waals surface area contributed by atoms with Gasteiger partial charge in [0.05, 0.1) is 12.9 Å². The van der Waals surface area contributed by atoms with Crippen molar-refractivity contribution >= 4 is 17.0 Å². The van der Waals surface area contributed by atoms with E-state index in [1.54, 1.807) is 6.33 Å². The second-order valence-electron chi connectivity index (χ2n) is 5.68. The van der Waals surface area contributed by atoms with Gasteiger partial charge in [0.25, 0.3) is 0 Å². The van der Waals surface area contributed by atoms with Crippen molar-refractivity contribution in [2.45, 2.75) is 19.4 Å². The number of hydrogen-bond donors (Lipinski definition) is 2. The standard InChI is InChI=1S/C16H17N9O/c17-14-13-16(19-9-18-14)25(10-20-13)7-1-2-8-26-12-5-3-11(4-6-12)15-21-23-24-22-15/h3-6,9-10H,1-2,7-8H2,(H2,17,18,19)(H,21,22,23,24). The fourth-order valence-electron chi connectivity index (χ4n) is 2.62. The number of nitrogen functional groups attached to an aromatic ring is 1. The van der Waals surface area contributed by atoms with Crippen LogP contribution in [0.15, 0.2) is 36.9 Å². The van der Waals surface area contributed by atoms with E-state index in [0.29, 0.717) is 23.8 Å². The number of unbranched alkanes of at least 4 members (excludes halogenated alkanes) is 1. The summed E-state index contributed by atoms with van der Waals surface area (Å²) in [4.78, 5) is 12.4. The molecule has 10 nitrogen and oxygen atoms in total. The quantitative estimate of drug-likeness (QED) is 0.478. The zero-order chi connectivity index (χ0) is 17.8. The summed E-state index contributed by atoms with van der Waals surface area (Å²) >= 11 is 0. The Kier molecular flexibility index (Phi) is 4.37. The van der Waals surface area contributed by atoms with E-state index in [1.807, 2.05) is 28.8 Å². The normalized spacial score (nSPS) is 11.1. The molecule has 0 fully saturated rings. The number of imidazole rings is 1. The summed E-state index contributed by atoms with van der Waals surface area (Å²) in [7, 11) is 0. The monoisotopic (exact) mass is 351 g/mol. The molecule has 4 rings (SSSR count). The zero-order valence-electron chi connectivity index (χ0n) is 13.9. The van der Waals surface area contributed by atoms with Crippen LogP contribution < -0.4 is 10.5 Å². The number of nitrogens with zero attached hydrogens (tertiary/aromatic N) is 7. The molecule has 3 aromatic heterocycles. The van der Waals surface area contributed by atoms with E-state index in [9.17, 15) is 0 Å². The van der Waals surface area contributed by atoms with E-state index in [1.165, 1.54) is 6.33 Å². The van der Waals surface area contributed by atoms with Crippen molar-refractivity contribution < 1.29 is 4.74 Å². The van der Waals surface area contributed by atoms with E-state index >= 15 is 0 Å². The predicted molar refractivity (Wildman–Crippen MR) is 94.1 cm³/mol. The molecule has 0 spiro atoms. The van der Waals surface area contributed by atoms with Crippen molar-refractivity contribution in [1.29, 1.82) is 0 Å². The van der Waals surface area contributed by atoms with Gasteiger partial charge in [-0.2, -0.15) is 5.21 Å². The minimum atomic E-state index is 0.404. The number of rotatable bonds is 7. The third-order valence-electron chi connectivity index (χ3n) is 3.95. The molecule has 4 aromatic rings. The summed E-state index contributed by atoms with van der Waals surface area (Å²) in [6.07, 6.45) is 5.05. The molecule has 0 bridgehead atoms. The van der Waals surface area contributed by atoms with Crippen molar-refractivity contribution in [2.75, 3.05) is 12.3 Å². The number of nitrogens with one attached hydrogen (secondary N) is 1. The van der Waals surface area contributed by atoms with E-state index in [4.69, 9.17) is 10.5 Å². The number of fused-ring (bicyclic) bond motifs is 1. The first-order valence-electron chi connectivity index (χ1n) is 8.19. The Hall–Kier alpha value is -3.56. The summed E-state index contributed by atoms with van der Waals surface area (Å²) in [5.41, 5.74) is 8.08. The molecule has 0 aliphatic rings. The van der Waals surface area contributed by atoms with E-state index < -0.39 is 0 Å². The third kappa shape index (κ3) is 3.29. The molecule has 132 valence electrons. The highest BCUT2D eigenvalue weighted by Gasteiger charge is 2.07. The molecule has 1 aromatic carbocycles. The molecule has 0 aliphatic heterocycles. The second kappa shape index (κ2) is 7.13. The largest absolute Gasteiger partial charge is 0.494 e. The first-order valence-corrected chi connectivity index (χ1v) is 8.19. The van der Waals surface area contributed by atoms with Gasteiger partial charge in [0, 0.05) is 12.1 Å². The summed E-state index contributed by atoms with van der Waals surface area (Å²) in [6, 6.07) is 7.60. The van der Waals surface area contributed by atoms with Crippen LogP contribution in [0.25, 0.3) is 22.6 Å². The minimum Gasteiger partial charge on any atom is -0.494 e.